The lowest BCUT2D eigenvalue weighted by Gasteiger charge is -2.30. The van der Waals surface area contributed by atoms with E-state index in [0.29, 0.717) is 0 Å². The fourth-order valence-electron chi connectivity index (χ4n) is 3.16. The highest BCUT2D eigenvalue weighted by Gasteiger charge is 2.19. The Morgan fingerprint density at radius 1 is 1.42 bits per heavy atom. The predicted molar refractivity (Wildman–Crippen MR) is 99.5 cm³/mol. The van der Waals surface area contributed by atoms with Crippen molar-refractivity contribution in [1.29, 1.82) is 0 Å². The predicted octanol–water partition coefficient (Wildman–Crippen LogP) is 2.71. The number of hydrogen-bond acceptors (Lipinski definition) is 5. The molecule has 2 aromatic rings. The van der Waals surface area contributed by atoms with Crippen LogP contribution in [-0.4, -0.2) is 49.4 Å². The van der Waals surface area contributed by atoms with Crippen LogP contribution >= 0.6 is 0 Å². The number of allylic oxidation sites excluding steroid dienone is 1. The first kappa shape index (κ1) is 16.5. The minimum absolute atomic E-state index is 0.210. The lowest BCUT2D eigenvalue weighted by atomic mass is 10.0. The average molecular weight is 324 g/mol. The van der Waals surface area contributed by atoms with Gasteiger partial charge in [-0.3, -0.25) is 9.98 Å². The van der Waals surface area contributed by atoms with Crippen molar-refractivity contribution in [3.63, 3.8) is 0 Å². The number of aliphatic imine (C=N–C) groups is 1. The molecule has 0 bridgehead atoms. The first-order chi connectivity index (χ1) is 11.7. The number of piperidine rings is 1. The molecule has 0 spiro atoms. The normalized spacial score (nSPS) is 19.9. The maximum atomic E-state index is 6.28. The maximum Gasteiger partial charge on any atom is 0.145 e. The van der Waals surface area contributed by atoms with E-state index in [1.807, 2.05) is 18.3 Å². The van der Waals surface area contributed by atoms with E-state index in [-0.39, 0.29) is 6.10 Å². The number of hydrogen-bond donors (Lipinski definition) is 1. The molecule has 2 heterocycles. The molecule has 3 rings (SSSR count). The van der Waals surface area contributed by atoms with Crippen molar-refractivity contribution >= 4 is 22.6 Å². The van der Waals surface area contributed by atoms with Crippen LogP contribution in [0, 0.1) is 0 Å². The monoisotopic (exact) mass is 324 g/mol. The van der Waals surface area contributed by atoms with Crippen LogP contribution in [0.4, 0.5) is 0 Å². The van der Waals surface area contributed by atoms with E-state index in [9.17, 15) is 0 Å². The van der Waals surface area contributed by atoms with Gasteiger partial charge in [-0.15, -0.1) is 0 Å². The van der Waals surface area contributed by atoms with Gasteiger partial charge in [-0.2, -0.15) is 0 Å². The number of pyridine rings is 1. The summed E-state index contributed by atoms with van der Waals surface area (Å²) in [6, 6.07) is 6.17. The molecule has 1 fully saturated rings. The Balaban J connectivity index is 1.95. The number of ether oxygens (including phenoxy) is 1. The fraction of sp³-hybridized carbons (Fsp3) is 0.368. The van der Waals surface area contributed by atoms with Gasteiger partial charge in [0.05, 0.1) is 6.20 Å². The maximum absolute atomic E-state index is 6.28. The number of rotatable bonds is 4. The molecule has 1 aromatic heterocycles. The first-order valence-corrected chi connectivity index (χ1v) is 8.28. The lowest BCUT2D eigenvalue weighted by molar-refractivity contribution is 0.105. The van der Waals surface area contributed by atoms with Crippen molar-refractivity contribution < 1.29 is 4.74 Å². The molecular formula is C19H24N4O. The highest BCUT2D eigenvalue weighted by molar-refractivity contribution is 6.10. The fourth-order valence-corrected chi connectivity index (χ4v) is 3.16. The first-order valence-electron chi connectivity index (χ1n) is 8.28. The standard InChI is InChI=1S/C19H24N4O/c1-21-10-16(9-20)14-5-6-15-11-22-12-19(18(15)8-14)24-17-4-3-7-23(2)13-17/h5-6,8-12,17H,3-4,7,13,20H2,1-2H3/b16-9+,21-10?. The van der Waals surface area contributed by atoms with Crippen LogP contribution in [0.15, 0.2) is 41.8 Å². The molecule has 0 radical (unpaired) electrons. The molecule has 0 amide bonds. The number of fused-ring (bicyclic) bond motifs is 1. The van der Waals surface area contributed by atoms with Gasteiger partial charge in [0.2, 0.25) is 0 Å². The molecule has 1 aliphatic rings. The van der Waals surface area contributed by atoms with Crippen molar-refractivity contribution in [1.82, 2.24) is 9.88 Å². The van der Waals surface area contributed by atoms with Crippen LogP contribution in [0.5, 0.6) is 5.75 Å². The lowest BCUT2D eigenvalue weighted by Crippen LogP contribution is -2.38. The average Bonchev–Trinajstić information content (AvgIpc) is 2.60. The molecule has 126 valence electrons. The van der Waals surface area contributed by atoms with Crippen LogP contribution in [0.3, 0.4) is 0 Å². The zero-order valence-electron chi connectivity index (χ0n) is 14.3. The van der Waals surface area contributed by atoms with Gasteiger partial charge in [-0.1, -0.05) is 12.1 Å². The van der Waals surface area contributed by atoms with E-state index in [0.717, 1.165) is 53.6 Å². The number of aromatic nitrogens is 1. The highest BCUT2D eigenvalue weighted by Crippen LogP contribution is 2.29. The summed E-state index contributed by atoms with van der Waals surface area (Å²) in [5, 5.41) is 2.12. The van der Waals surface area contributed by atoms with Crippen LogP contribution in [-0.2, 0) is 0 Å². The third kappa shape index (κ3) is 3.57. The third-order valence-electron chi connectivity index (χ3n) is 4.38. The van der Waals surface area contributed by atoms with Crippen molar-refractivity contribution in [3.8, 4) is 5.75 Å². The number of nitrogens with two attached hydrogens (primary N) is 1. The number of nitrogens with zero attached hydrogens (tertiary/aromatic N) is 3. The molecule has 5 heteroatoms. The summed E-state index contributed by atoms with van der Waals surface area (Å²) in [7, 11) is 3.87. The van der Waals surface area contributed by atoms with Gasteiger partial charge in [-0.05, 0) is 38.1 Å². The summed E-state index contributed by atoms with van der Waals surface area (Å²) < 4.78 is 6.28. The SMILES string of the molecule is CN=C/C(=C\N)c1ccc2cncc(OC3CCCN(C)C3)c2c1. The van der Waals surface area contributed by atoms with Gasteiger partial charge in [0.1, 0.15) is 11.9 Å². The Hall–Kier alpha value is -2.40. The molecule has 2 N–H and O–H groups in total. The largest absolute Gasteiger partial charge is 0.487 e. The minimum Gasteiger partial charge on any atom is -0.487 e. The zero-order valence-corrected chi connectivity index (χ0v) is 14.3. The molecule has 1 atom stereocenters. The van der Waals surface area contributed by atoms with Crippen LogP contribution in [0.1, 0.15) is 18.4 Å². The third-order valence-corrected chi connectivity index (χ3v) is 4.38. The molecule has 0 saturated carbocycles. The Morgan fingerprint density at radius 3 is 3.04 bits per heavy atom. The van der Waals surface area contributed by atoms with Crippen molar-refractivity contribution in [3.05, 3.63) is 42.4 Å². The number of likely N-dealkylation sites (N-methyl/N-ethyl adjacent to an activating group) is 1. The van der Waals surface area contributed by atoms with E-state index < -0.39 is 0 Å². The number of likely N-dealkylation sites (tertiary alicyclic amines) is 1. The summed E-state index contributed by atoms with van der Waals surface area (Å²) >= 11 is 0. The summed E-state index contributed by atoms with van der Waals surface area (Å²) in [5.41, 5.74) is 7.64. The molecule has 1 aliphatic heterocycles. The smallest absolute Gasteiger partial charge is 0.145 e. The van der Waals surface area contributed by atoms with Crippen molar-refractivity contribution in [2.45, 2.75) is 18.9 Å². The second-order valence-corrected chi connectivity index (χ2v) is 6.23. The van der Waals surface area contributed by atoms with E-state index in [2.05, 4.69) is 28.0 Å². The zero-order chi connectivity index (χ0) is 16.9. The quantitative estimate of drug-likeness (QED) is 0.878. The Labute approximate surface area is 142 Å². The van der Waals surface area contributed by atoms with E-state index in [4.69, 9.17) is 10.5 Å². The van der Waals surface area contributed by atoms with E-state index >= 15 is 0 Å². The van der Waals surface area contributed by atoms with Gasteiger partial charge in [0, 0.05) is 48.5 Å². The van der Waals surface area contributed by atoms with Crippen molar-refractivity contribution in [2.75, 3.05) is 27.2 Å². The summed E-state index contributed by atoms with van der Waals surface area (Å²) in [5.74, 6) is 0.833. The Bertz CT molecular complexity index is 769. The van der Waals surface area contributed by atoms with Gasteiger partial charge in [0.15, 0.2) is 0 Å². The summed E-state index contributed by atoms with van der Waals surface area (Å²) in [6.45, 7) is 2.09. The summed E-state index contributed by atoms with van der Waals surface area (Å²) in [6.07, 6.45) is 9.46. The van der Waals surface area contributed by atoms with Crippen LogP contribution in [0.2, 0.25) is 0 Å². The second-order valence-electron chi connectivity index (χ2n) is 6.23. The minimum atomic E-state index is 0.210. The molecular weight excluding hydrogens is 300 g/mol. The second kappa shape index (κ2) is 7.45. The Kier molecular flexibility index (Phi) is 5.11. The van der Waals surface area contributed by atoms with Gasteiger partial charge in [-0.25, -0.2) is 0 Å². The molecule has 5 nitrogen and oxygen atoms in total. The number of benzene rings is 1. The molecule has 0 aliphatic carbocycles. The van der Waals surface area contributed by atoms with Gasteiger partial charge >= 0.3 is 0 Å². The van der Waals surface area contributed by atoms with Gasteiger partial charge < -0.3 is 15.4 Å². The molecule has 1 saturated heterocycles. The highest BCUT2D eigenvalue weighted by atomic mass is 16.5. The van der Waals surface area contributed by atoms with Crippen LogP contribution < -0.4 is 10.5 Å². The molecule has 1 aromatic carbocycles. The van der Waals surface area contributed by atoms with Gasteiger partial charge in [0.25, 0.3) is 0 Å². The Morgan fingerprint density at radius 2 is 2.29 bits per heavy atom. The topological polar surface area (TPSA) is 63.7 Å². The summed E-state index contributed by atoms with van der Waals surface area (Å²) in [4.78, 5) is 10.7. The van der Waals surface area contributed by atoms with E-state index in [1.165, 1.54) is 0 Å². The van der Waals surface area contributed by atoms with Crippen molar-refractivity contribution in [2.24, 2.45) is 10.7 Å². The van der Waals surface area contributed by atoms with Crippen LogP contribution in [0.25, 0.3) is 16.3 Å². The molecule has 24 heavy (non-hydrogen) atoms. The molecule has 1 unspecified atom stereocenters. The van der Waals surface area contributed by atoms with E-state index in [1.54, 1.807) is 25.7 Å².